The predicted molar refractivity (Wildman–Crippen MR) is 105 cm³/mol. The van der Waals surface area contributed by atoms with Crippen molar-refractivity contribution in [3.8, 4) is 0 Å². The molecule has 0 amide bonds. The minimum absolute atomic E-state index is 0.0193. The first-order valence-corrected chi connectivity index (χ1v) is 11.2. The number of imidazole rings is 1. The van der Waals surface area contributed by atoms with Gasteiger partial charge in [-0.2, -0.15) is 13.1 Å². The van der Waals surface area contributed by atoms with Gasteiger partial charge in [0.25, 0.3) is 10.0 Å². The molecule has 158 valence electrons. The Morgan fingerprint density at radius 2 is 2.07 bits per heavy atom. The fourth-order valence-corrected chi connectivity index (χ4v) is 6.20. The van der Waals surface area contributed by atoms with Gasteiger partial charge in [-0.1, -0.05) is 24.8 Å². The molecule has 1 saturated carbocycles. The number of aromatic nitrogens is 2. The van der Waals surface area contributed by atoms with Crippen LogP contribution in [0, 0.1) is 11.3 Å². The summed E-state index contributed by atoms with van der Waals surface area (Å²) in [6, 6.07) is -0.0837. The Bertz CT molecular complexity index is 975. The van der Waals surface area contributed by atoms with Crippen molar-refractivity contribution in [2.24, 2.45) is 11.3 Å². The molecule has 0 bridgehead atoms. The van der Waals surface area contributed by atoms with Crippen molar-refractivity contribution in [3.63, 3.8) is 0 Å². The van der Waals surface area contributed by atoms with Crippen molar-refractivity contribution in [2.75, 3.05) is 13.1 Å². The maximum atomic E-state index is 12.8. The van der Waals surface area contributed by atoms with E-state index in [1.54, 1.807) is 12.5 Å². The van der Waals surface area contributed by atoms with Gasteiger partial charge in [0.15, 0.2) is 0 Å². The maximum absolute atomic E-state index is 12.8. The zero-order valence-corrected chi connectivity index (χ0v) is 17.0. The van der Waals surface area contributed by atoms with Crippen molar-refractivity contribution in [2.45, 2.75) is 44.1 Å². The number of aliphatic hydroxyl groups is 1. The molecular weight excluding hydrogens is 400 g/mol. The number of hydrogen-bond donors (Lipinski definition) is 1. The van der Waals surface area contributed by atoms with Gasteiger partial charge in [0, 0.05) is 24.6 Å². The Morgan fingerprint density at radius 1 is 1.38 bits per heavy atom. The molecule has 1 N–H and O–H groups in total. The third kappa shape index (κ3) is 2.93. The van der Waals surface area contributed by atoms with E-state index in [1.165, 1.54) is 0 Å². The molecule has 1 saturated heterocycles. The molecule has 1 spiro atoms. The van der Waals surface area contributed by atoms with Crippen LogP contribution in [0.3, 0.4) is 0 Å². The zero-order chi connectivity index (χ0) is 21.0. The van der Waals surface area contributed by atoms with E-state index in [2.05, 4.69) is 16.1 Å². The molecule has 3 heterocycles. The topological polar surface area (TPSA) is 75.4 Å². The molecule has 6 nitrogen and oxygen atoms in total. The van der Waals surface area contributed by atoms with Gasteiger partial charge in [0.1, 0.15) is 0 Å². The second-order valence-electron chi connectivity index (χ2n) is 8.08. The summed E-state index contributed by atoms with van der Waals surface area (Å²) in [6.45, 7) is 5.94. The number of rotatable bonds is 5. The van der Waals surface area contributed by atoms with E-state index in [9.17, 15) is 22.3 Å². The van der Waals surface area contributed by atoms with Gasteiger partial charge < -0.3 is 9.67 Å². The van der Waals surface area contributed by atoms with Crippen LogP contribution in [0.1, 0.15) is 37.9 Å². The van der Waals surface area contributed by atoms with E-state index in [4.69, 9.17) is 0 Å². The van der Waals surface area contributed by atoms with Crippen molar-refractivity contribution >= 4 is 15.6 Å². The molecule has 2 aliphatic heterocycles. The first kappa shape index (κ1) is 20.4. The number of piperidine rings is 1. The number of alkyl halides is 2. The molecule has 1 aromatic rings. The molecule has 9 heteroatoms. The second kappa shape index (κ2) is 7.14. The van der Waals surface area contributed by atoms with Crippen LogP contribution >= 0.6 is 0 Å². The summed E-state index contributed by atoms with van der Waals surface area (Å²) in [5.41, 5.74) is 2.64. The van der Waals surface area contributed by atoms with Crippen LogP contribution in [0.2, 0.25) is 0 Å². The van der Waals surface area contributed by atoms with E-state index >= 15 is 0 Å². The van der Waals surface area contributed by atoms with Crippen LogP contribution in [-0.2, 0) is 10.0 Å². The van der Waals surface area contributed by atoms with Gasteiger partial charge in [-0.25, -0.2) is 13.4 Å². The molecule has 1 aromatic heterocycles. The highest BCUT2D eigenvalue weighted by atomic mass is 32.2. The Morgan fingerprint density at radius 3 is 2.62 bits per heavy atom. The Hall–Kier alpha value is -1.84. The fourth-order valence-electron chi connectivity index (χ4n) is 5.29. The summed E-state index contributed by atoms with van der Waals surface area (Å²) in [6.07, 6.45) is 10.2. The number of hydrogen-bond acceptors (Lipinski definition) is 4. The van der Waals surface area contributed by atoms with Crippen LogP contribution in [0.25, 0.3) is 5.57 Å². The third-order valence-electron chi connectivity index (χ3n) is 6.81. The van der Waals surface area contributed by atoms with Crippen LogP contribution < -0.4 is 0 Å². The van der Waals surface area contributed by atoms with Gasteiger partial charge in [0.2, 0.25) is 0 Å². The minimum atomic E-state index is -4.56. The second-order valence-corrected chi connectivity index (χ2v) is 9.99. The van der Waals surface area contributed by atoms with Crippen molar-refractivity contribution in [3.05, 3.63) is 48.6 Å². The maximum Gasteiger partial charge on any atom is 0.350 e. The summed E-state index contributed by atoms with van der Waals surface area (Å²) in [4.78, 5) is 4.25. The summed E-state index contributed by atoms with van der Waals surface area (Å²) >= 11 is 0. The molecule has 1 aliphatic carbocycles. The number of sulfonamides is 1. The average molecular weight is 426 g/mol. The van der Waals surface area contributed by atoms with Gasteiger partial charge in [-0.15, -0.1) is 0 Å². The molecule has 29 heavy (non-hydrogen) atoms. The van der Waals surface area contributed by atoms with Crippen LogP contribution in [0.15, 0.2) is 42.9 Å². The van der Waals surface area contributed by atoms with Crippen LogP contribution in [0.5, 0.6) is 0 Å². The van der Waals surface area contributed by atoms with Crippen molar-refractivity contribution in [1.82, 2.24) is 13.9 Å². The first-order chi connectivity index (χ1) is 13.8. The monoisotopic (exact) mass is 425 g/mol. The predicted octanol–water partition coefficient (Wildman–Crippen LogP) is 2.97. The van der Waals surface area contributed by atoms with E-state index < -0.39 is 27.3 Å². The third-order valence-corrected chi connectivity index (χ3v) is 8.34. The van der Waals surface area contributed by atoms with E-state index in [0.29, 0.717) is 19.3 Å². The summed E-state index contributed by atoms with van der Waals surface area (Å²) < 4.78 is 52.0. The van der Waals surface area contributed by atoms with Gasteiger partial charge in [0.05, 0.1) is 30.4 Å². The first-order valence-electron chi connectivity index (χ1n) is 9.73. The largest absolute Gasteiger partial charge is 0.392 e. The number of aliphatic hydroxyl groups excluding tert-OH is 1. The summed E-state index contributed by atoms with van der Waals surface area (Å²) in [7, 11) is -4.56. The van der Waals surface area contributed by atoms with Gasteiger partial charge in [-0.3, -0.25) is 0 Å². The number of allylic oxidation sites excluding steroid dienone is 5. The van der Waals surface area contributed by atoms with Gasteiger partial charge in [-0.05, 0) is 37.2 Å². The number of nitrogens with zero attached hydrogens (tertiary/aromatic N) is 3. The number of halogens is 2. The van der Waals surface area contributed by atoms with E-state index in [-0.39, 0.29) is 25.0 Å². The Labute approximate surface area is 169 Å². The Kier molecular flexibility index (Phi) is 5.03. The standard InChI is InChI=1S/C20H25F2N3O3S/c1-3-5-14-13(4-2)17(25-12-23-11-16(14)25)15-10-20(18(15)26)6-8-24(9-7-20)29(27,28)19(21)22/h3-5,11-12,15,17-19,26H,2,6-10H2,1H3/b5-3-/t15-,17+,18+/m0/s1. The molecule has 3 aliphatic rings. The van der Waals surface area contributed by atoms with E-state index in [1.807, 2.05) is 25.2 Å². The fraction of sp³-hybridized carbons (Fsp3) is 0.550. The highest BCUT2D eigenvalue weighted by Gasteiger charge is 2.58. The number of fused-ring (bicyclic) bond motifs is 1. The normalized spacial score (nSPS) is 29.6. The molecule has 0 radical (unpaired) electrons. The van der Waals surface area contributed by atoms with Crippen molar-refractivity contribution in [1.29, 1.82) is 0 Å². The average Bonchev–Trinajstić information content (AvgIpc) is 3.28. The Balaban J connectivity index is 1.54. The van der Waals surface area contributed by atoms with E-state index in [0.717, 1.165) is 21.1 Å². The molecule has 2 fully saturated rings. The highest BCUT2D eigenvalue weighted by Crippen LogP contribution is 2.59. The lowest BCUT2D eigenvalue weighted by atomic mass is 9.53. The molecular formula is C20H25F2N3O3S. The van der Waals surface area contributed by atoms with Crippen LogP contribution in [0.4, 0.5) is 8.78 Å². The lowest BCUT2D eigenvalue weighted by Gasteiger charge is -2.57. The molecule has 3 atom stereocenters. The van der Waals surface area contributed by atoms with Gasteiger partial charge >= 0.3 is 5.76 Å². The van der Waals surface area contributed by atoms with Crippen LogP contribution in [-0.4, -0.2) is 52.3 Å². The minimum Gasteiger partial charge on any atom is -0.392 e. The quantitative estimate of drug-likeness (QED) is 0.787. The zero-order valence-electron chi connectivity index (χ0n) is 16.2. The molecule has 4 rings (SSSR count). The molecule has 0 aromatic carbocycles. The highest BCUT2D eigenvalue weighted by molar-refractivity contribution is 7.89. The smallest absolute Gasteiger partial charge is 0.350 e. The lowest BCUT2D eigenvalue weighted by Crippen LogP contribution is -2.60. The summed E-state index contributed by atoms with van der Waals surface area (Å²) in [5.74, 6) is -3.46. The summed E-state index contributed by atoms with van der Waals surface area (Å²) in [5, 5.41) is 11.1. The molecule has 0 unspecified atom stereocenters. The lowest BCUT2D eigenvalue weighted by molar-refractivity contribution is -0.153. The SMILES string of the molecule is C=CC1=C(/C=C\C)c2cncn2[C@H]1[C@@H]1CC2(CCN(S(=O)(=O)C(F)F)CC2)[C@@H]1O. The van der Waals surface area contributed by atoms with Crippen molar-refractivity contribution < 1.29 is 22.3 Å².